The standard InChI is InChI=1S/C17H26N6O5S/c1-29(5-3-2-4-9(18)17(26)27)6-10-12(24)13(25)16(28-10)23-8-22-11-14(19)20-7-21-15(11)23/h7-10,12-13,16,24-25H,2-6,18H2,1H3,(H2-,19,20,21,26,27)/p+1/t9?,10-,12-,13-,16-,29?/m1/s1. The number of nitrogens with two attached hydrogens (primary N) is 2. The van der Waals surface area contributed by atoms with Gasteiger partial charge >= 0.3 is 5.97 Å². The van der Waals surface area contributed by atoms with E-state index in [0.717, 1.165) is 18.6 Å². The van der Waals surface area contributed by atoms with Gasteiger partial charge in [0.1, 0.15) is 47.7 Å². The predicted molar refractivity (Wildman–Crippen MR) is 108 cm³/mol. The number of nitrogens with zero attached hydrogens (tertiary/aromatic N) is 4. The summed E-state index contributed by atoms with van der Waals surface area (Å²) < 4.78 is 7.51. The van der Waals surface area contributed by atoms with Gasteiger partial charge in [-0.3, -0.25) is 9.36 Å². The Morgan fingerprint density at radius 2 is 2.07 bits per heavy atom. The number of carboxylic acids is 1. The molecule has 1 aliphatic rings. The number of hydrogen-bond acceptors (Lipinski definition) is 9. The molecule has 0 bridgehead atoms. The van der Waals surface area contributed by atoms with Crippen LogP contribution in [0.5, 0.6) is 0 Å². The quantitative estimate of drug-likeness (QED) is 0.242. The highest BCUT2D eigenvalue weighted by Crippen LogP contribution is 2.32. The van der Waals surface area contributed by atoms with Gasteiger partial charge in [0, 0.05) is 0 Å². The van der Waals surface area contributed by atoms with E-state index in [1.54, 1.807) is 4.57 Å². The normalized spacial score (nSPS) is 26.6. The van der Waals surface area contributed by atoms with Gasteiger partial charge in [-0.25, -0.2) is 15.0 Å². The van der Waals surface area contributed by atoms with Crippen molar-refractivity contribution in [3.63, 3.8) is 0 Å². The average molecular weight is 428 g/mol. The molecule has 0 aliphatic carbocycles. The van der Waals surface area contributed by atoms with Crippen LogP contribution in [0, 0.1) is 0 Å². The minimum absolute atomic E-state index is 0.0683. The molecule has 3 rings (SSSR count). The number of ether oxygens (including phenoxy) is 1. The zero-order chi connectivity index (χ0) is 21.1. The van der Waals surface area contributed by atoms with E-state index in [9.17, 15) is 15.0 Å². The average Bonchev–Trinajstić information content (AvgIpc) is 3.22. The van der Waals surface area contributed by atoms with Crippen molar-refractivity contribution in [2.24, 2.45) is 5.73 Å². The Morgan fingerprint density at radius 1 is 1.31 bits per heavy atom. The topological polar surface area (TPSA) is 183 Å². The fourth-order valence-corrected chi connectivity index (χ4v) is 5.05. The molecule has 6 atom stereocenters. The minimum Gasteiger partial charge on any atom is -0.480 e. The highest BCUT2D eigenvalue weighted by Gasteiger charge is 2.46. The lowest BCUT2D eigenvalue weighted by Crippen LogP contribution is -2.35. The largest absolute Gasteiger partial charge is 0.480 e. The number of unbranched alkanes of at least 4 members (excludes halogenated alkanes) is 1. The maximum absolute atomic E-state index is 10.7. The number of fused-ring (bicyclic) bond motifs is 1. The molecule has 1 saturated heterocycles. The summed E-state index contributed by atoms with van der Waals surface area (Å²) in [5.74, 6) is 0.707. The molecule has 0 spiro atoms. The number of aliphatic hydroxyl groups is 2. The first kappa shape index (κ1) is 21.7. The van der Waals surface area contributed by atoms with Gasteiger partial charge in [0.2, 0.25) is 0 Å². The Kier molecular flexibility index (Phi) is 6.90. The van der Waals surface area contributed by atoms with E-state index in [4.69, 9.17) is 21.3 Å². The molecule has 7 N–H and O–H groups in total. The van der Waals surface area contributed by atoms with Crippen LogP contribution in [-0.4, -0.2) is 82.9 Å². The zero-order valence-electron chi connectivity index (χ0n) is 16.1. The number of imidazole rings is 1. The van der Waals surface area contributed by atoms with Gasteiger partial charge in [-0.2, -0.15) is 0 Å². The maximum atomic E-state index is 10.7. The summed E-state index contributed by atoms with van der Waals surface area (Å²) in [6.45, 7) is 0. The molecule has 12 heteroatoms. The van der Waals surface area contributed by atoms with Crippen LogP contribution < -0.4 is 11.5 Å². The summed E-state index contributed by atoms with van der Waals surface area (Å²) in [7, 11) is -0.0683. The molecule has 11 nitrogen and oxygen atoms in total. The van der Waals surface area contributed by atoms with Crippen molar-refractivity contribution in [2.75, 3.05) is 23.5 Å². The van der Waals surface area contributed by atoms with E-state index in [1.807, 2.05) is 0 Å². The van der Waals surface area contributed by atoms with Crippen LogP contribution in [0.15, 0.2) is 12.7 Å². The van der Waals surface area contributed by atoms with Crippen molar-refractivity contribution in [3.05, 3.63) is 12.7 Å². The van der Waals surface area contributed by atoms with E-state index in [-0.39, 0.29) is 16.7 Å². The van der Waals surface area contributed by atoms with Crippen LogP contribution in [0.2, 0.25) is 0 Å². The zero-order valence-corrected chi connectivity index (χ0v) is 16.9. The molecule has 1 aliphatic heterocycles. The molecule has 1 fully saturated rings. The SMILES string of the molecule is C[S+](CCCCC(N)C(=O)O)C[C@H]1O[C@@H](n2cnc3c(N)ncnc32)[C@H](O)[C@@H]1O. The Bertz CT molecular complexity index is 851. The second kappa shape index (κ2) is 9.22. The number of aliphatic hydroxyl groups excluding tert-OH is 2. The Labute approximate surface area is 170 Å². The lowest BCUT2D eigenvalue weighted by Gasteiger charge is -2.16. The maximum Gasteiger partial charge on any atom is 0.320 e. The first-order valence-corrected chi connectivity index (χ1v) is 11.3. The van der Waals surface area contributed by atoms with Gasteiger partial charge in [0.05, 0.1) is 12.6 Å². The monoisotopic (exact) mass is 427 g/mol. The number of carboxylic acid groups (broad SMARTS) is 1. The molecule has 2 aromatic rings. The molecule has 0 radical (unpaired) electrons. The van der Waals surface area contributed by atoms with E-state index in [1.165, 1.54) is 12.7 Å². The van der Waals surface area contributed by atoms with Crippen molar-refractivity contribution in [1.29, 1.82) is 0 Å². The molecule has 160 valence electrons. The summed E-state index contributed by atoms with van der Waals surface area (Å²) in [4.78, 5) is 23.0. The molecule has 0 aromatic carbocycles. The summed E-state index contributed by atoms with van der Waals surface area (Å²) in [5, 5.41) is 29.8. The molecule has 3 heterocycles. The highest BCUT2D eigenvalue weighted by atomic mass is 32.2. The summed E-state index contributed by atoms with van der Waals surface area (Å²) in [6.07, 6.45) is 3.35. The lowest BCUT2D eigenvalue weighted by atomic mass is 10.1. The van der Waals surface area contributed by atoms with Crippen LogP contribution in [0.3, 0.4) is 0 Å². The number of carbonyl (C=O) groups is 1. The van der Waals surface area contributed by atoms with Crippen LogP contribution in [0.25, 0.3) is 11.2 Å². The van der Waals surface area contributed by atoms with E-state index >= 15 is 0 Å². The molecular formula is C17H27N6O5S+. The molecule has 0 saturated carbocycles. The van der Waals surface area contributed by atoms with Gasteiger partial charge < -0.3 is 31.5 Å². The van der Waals surface area contributed by atoms with Gasteiger partial charge in [-0.15, -0.1) is 0 Å². The highest BCUT2D eigenvalue weighted by molar-refractivity contribution is 7.96. The molecular weight excluding hydrogens is 400 g/mol. The fourth-order valence-electron chi connectivity index (χ4n) is 3.35. The van der Waals surface area contributed by atoms with Gasteiger partial charge in [-0.1, -0.05) is 0 Å². The van der Waals surface area contributed by atoms with E-state index < -0.39 is 36.6 Å². The second-order valence-electron chi connectivity index (χ2n) is 7.22. The van der Waals surface area contributed by atoms with Gasteiger partial charge in [0.25, 0.3) is 0 Å². The first-order chi connectivity index (χ1) is 13.8. The second-order valence-corrected chi connectivity index (χ2v) is 9.53. The Hall–Kier alpha value is -1.99. The lowest BCUT2D eigenvalue weighted by molar-refractivity contribution is -0.138. The van der Waals surface area contributed by atoms with Crippen LogP contribution in [-0.2, 0) is 20.4 Å². The van der Waals surface area contributed by atoms with Crippen molar-refractivity contribution in [3.8, 4) is 0 Å². The Morgan fingerprint density at radius 3 is 2.79 bits per heavy atom. The van der Waals surface area contributed by atoms with Crippen LogP contribution >= 0.6 is 0 Å². The molecule has 0 amide bonds. The summed E-state index contributed by atoms with van der Waals surface area (Å²) >= 11 is 0. The van der Waals surface area contributed by atoms with Crippen molar-refractivity contribution >= 4 is 33.8 Å². The number of aliphatic carboxylic acids is 1. The fraction of sp³-hybridized carbons (Fsp3) is 0.647. The number of anilines is 1. The van der Waals surface area contributed by atoms with Crippen LogP contribution in [0.4, 0.5) is 5.82 Å². The smallest absolute Gasteiger partial charge is 0.320 e. The van der Waals surface area contributed by atoms with Crippen molar-refractivity contribution < 1.29 is 24.9 Å². The van der Waals surface area contributed by atoms with Gasteiger partial charge in [0.15, 0.2) is 17.7 Å². The number of hydrogen-bond donors (Lipinski definition) is 5. The van der Waals surface area contributed by atoms with Crippen molar-refractivity contribution in [1.82, 2.24) is 19.5 Å². The summed E-state index contributed by atoms with van der Waals surface area (Å²) in [5.41, 5.74) is 12.1. The summed E-state index contributed by atoms with van der Waals surface area (Å²) in [6, 6.07) is -0.826. The third-order valence-electron chi connectivity index (χ3n) is 5.02. The molecule has 2 unspecified atom stereocenters. The first-order valence-electron chi connectivity index (χ1n) is 9.31. The van der Waals surface area contributed by atoms with Crippen molar-refractivity contribution in [2.45, 2.75) is 49.8 Å². The van der Waals surface area contributed by atoms with E-state index in [0.29, 0.717) is 23.3 Å². The van der Waals surface area contributed by atoms with Crippen LogP contribution in [0.1, 0.15) is 25.5 Å². The Balaban J connectivity index is 1.56. The molecule has 29 heavy (non-hydrogen) atoms. The number of aromatic nitrogens is 4. The third-order valence-corrected chi connectivity index (χ3v) is 6.91. The third kappa shape index (κ3) is 4.78. The number of rotatable bonds is 9. The predicted octanol–water partition coefficient (Wildman–Crippen LogP) is -1.14. The van der Waals surface area contributed by atoms with Gasteiger partial charge in [-0.05, 0) is 30.2 Å². The number of nitrogen functional groups attached to an aromatic ring is 1. The molecule has 2 aromatic heterocycles. The minimum atomic E-state index is -1.13. The van der Waals surface area contributed by atoms with E-state index in [2.05, 4.69) is 21.2 Å².